The first-order valence-corrected chi connectivity index (χ1v) is 7.34. The summed E-state index contributed by atoms with van der Waals surface area (Å²) in [5.41, 5.74) is 8.98. The third kappa shape index (κ3) is 2.61. The van der Waals surface area contributed by atoms with Crippen LogP contribution in [0.5, 0.6) is 0 Å². The first-order valence-electron chi connectivity index (χ1n) is 7.34. The number of nitrogens with zero attached hydrogens (tertiary/aromatic N) is 2. The fraction of sp³-hybridized carbons (Fsp3) is 0.800. The molecule has 1 fully saturated rings. The van der Waals surface area contributed by atoms with Crippen molar-refractivity contribution in [2.45, 2.75) is 52.4 Å². The van der Waals surface area contributed by atoms with Crippen molar-refractivity contribution in [2.24, 2.45) is 24.1 Å². The number of rotatable bonds is 5. The van der Waals surface area contributed by atoms with Crippen LogP contribution in [0, 0.1) is 11.3 Å². The molecule has 2 atom stereocenters. The van der Waals surface area contributed by atoms with Gasteiger partial charge in [0.05, 0.1) is 5.69 Å². The Hall–Kier alpha value is -0.830. The second-order valence-electron chi connectivity index (χ2n) is 6.00. The lowest BCUT2D eigenvalue weighted by atomic mass is 9.80. The lowest BCUT2D eigenvalue weighted by Crippen LogP contribution is -2.31. The molecule has 0 radical (unpaired) electrons. The van der Waals surface area contributed by atoms with E-state index in [1.54, 1.807) is 0 Å². The van der Waals surface area contributed by atoms with E-state index in [1.807, 2.05) is 0 Å². The second-order valence-corrected chi connectivity index (χ2v) is 6.00. The van der Waals surface area contributed by atoms with Crippen LogP contribution in [-0.4, -0.2) is 16.3 Å². The molecule has 1 aromatic heterocycles. The van der Waals surface area contributed by atoms with Gasteiger partial charge in [-0.05, 0) is 56.0 Å². The normalized spacial score (nSPS) is 27.9. The van der Waals surface area contributed by atoms with Gasteiger partial charge in [0, 0.05) is 12.7 Å². The van der Waals surface area contributed by atoms with Crippen molar-refractivity contribution in [3.05, 3.63) is 17.5 Å². The topological polar surface area (TPSA) is 43.8 Å². The van der Waals surface area contributed by atoms with Gasteiger partial charge in [-0.3, -0.25) is 4.68 Å². The standard InChI is InChI=1S/C15H27N3/c1-4-12-6-7-15(9-12,11-16)10-14-8-13(5-2)17-18(14)3/h8,12H,4-7,9-11,16H2,1-3H3. The van der Waals surface area contributed by atoms with Gasteiger partial charge in [-0.2, -0.15) is 5.10 Å². The summed E-state index contributed by atoms with van der Waals surface area (Å²) in [6, 6.07) is 2.26. The van der Waals surface area contributed by atoms with Crippen LogP contribution in [0.25, 0.3) is 0 Å². The van der Waals surface area contributed by atoms with Crippen molar-refractivity contribution in [1.29, 1.82) is 0 Å². The zero-order valence-corrected chi connectivity index (χ0v) is 12.1. The van der Waals surface area contributed by atoms with Crippen LogP contribution in [-0.2, 0) is 19.9 Å². The summed E-state index contributed by atoms with van der Waals surface area (Å²) in [7, 11) is 2.06. The molecule has 2 unspecified atom stereocenters. The molecule has 3 nitrogen and oxygen atoms in total. The van der Waals surface area contributed by atoms with Crippen LogP contribution in [0.15, 0.2) is 6.07 Å². The zero-order chi connectivity index (χ0) is 13.2. The Morgan fingerprint density at radius 1 is 1.50 bits per heavy atom. The number of aryl methyl sites for hydroxylation is 2. The summed E-state index contributed by atoms with van der Waals surface area (Å²) in [5.74, 6) is 0.882. The minimum Gasteiger partial charge on any atom is -0.330 e. The fourth-order valence-corrected chi connectivity index (χ4v) is 3.39. The van der Waals surface area contributed by atoms with E-state index in [2.05, 4.69) is 36.7 Å². The van der Waals surface area contributed by atoms with Gasteiger partial charge in [0.2, 0.25) is 0 Å². The van der Waals surface area contributed by atoms with Gasteiger partial charge in [-0.25, -0.2) is 0 Å². The average Bonchev–Trinajstić information content (AvgIpc) is 2.95. The smallest absolute Gasteiger partial charge is 0.0624 e. The number of hydrogen-bond acceptors (Lipinski definition) is 2. The molecule has 3 heteroatoms. The van der Waals surface area contributed by atoms with Gasteiger partial charge in [0.15, 0.2) is 0 Å². The fourth-order valence-electron chi connectivity index (χ4n) is 3.39. The second kappa shape index (κ2) is 5.43. The van der Waals surface area contributed by atoms with E-state index in [1.165, 1.54) is 37.1 Å². The first-order chi connectivity index (χ1) is 8.62. The van der Waals surface area contributed by atoms with E-state index >= 15 is 0 Å². The molecule has 102 valence electrons. The molecule has 1 aliphatic carbocycles. The van der Waals surface area contributed by atoms with Gasteiger partial charge in [-0.15, -0.1) is 0 Å². The number of aromatic nitrogens is 2. The summed E-state index contributed by atoms with van der Waals surface area (Å²) in [6.07, 6.45) is 7.35. The van der Waals surface area contributed by atoms with E-state index in [4.69, 9.17) is 5.73 Å². The van der Waals surface area contributed by atoms with Crippen LogP contribution < -0.4 is 5.73 Å². The van der Waals surface area contributed by atoms with Gasteiger partial charge in [0.25, 0.3) is 0 Å². The summed E-state index contributed by atoms with van der Waals surface area (Å²) >= 11 is 0. The van der Waals surface area contributed by atoms with Crippen molar-refractivity contribution in [2.75, 3.05) is 6.54 Å². The van der Waals surface area contributed by atoms with E-state index in [9.17, 15) is 0 Å². The molecule has 1 aliphatic rings. The van der Waals surface area contributed by atoms with Crippen LogP contribution in [0.4, 0.5) is 0 Å². The van der Waals surface area contributed by atoms with Crippen molar-refractivity contribution in [1.82, 2.24) is 9.78 Å². The first kappa shape index (κ1) is 13.6. The predicted octanol–water partition coefficient (Wildman–Crippen LogP) is 2.68. The average molecular weight is 249 g/mol. The Balaban J connectivity index is 2.13. The highest BCUT2D eigenvalue weighted by molar-refractivity contribution is 5.13. The molecule has 1 heterocycles. The summed E-state index contributed by atoms with van der Waals surface area (Å²) in [4.78, 5) is 0. The zero-order valence-electron chi connectivity index (χ0n) is 12.1. The molecule has 0 amide bonds. The third-order valence-corrected chi connectivity index (χ3v) is 4.76. The lowest BCUT2D eigenvalue weighted by molar-refractivity contribution is 0.284. The Morgan fingerprint density at radius 3 is 2.78 bits per heavy atom. The minimum absolute atomic E-state index is 0.333. The van der Waals surface area contributed by atoms with Crippen molar-refractivity contribution < 1.29 is 0 Å². The largest absolute Gasteiger partial charge is 0.330 e. The van der Waals surface area contributed by atoms with E-state index in [0.717, 1.165) is 25.3 Å². The van der Waals surface area contributed by atoms with Crippen LogP contribution >= 0.6 is 0 Å². The van der Waals surface area contributed by atoms with Crippen molar-refractivity contribution in [3.63, 3.8) is 0 Å². The monoisotopic (exact) mass is 249 g/mol. The Bertz CT molecular complexity index is 396. The quantitative estimate of drug-likeness (QED) is 0.872. The van der Waals surface area contributed by atoms with Crippen LogP contribution in [0.3, 0.4) is 0 Å². The molecule has 2 rings (SSSR count). The van der Waals surface area contributed by atoms with Gasteiger partial charge in [0.1, 0.15) is 0 Å². The summed E-state index contributed by atoms with van der Waals surface area (Å²) < 4.78 is 2.05. The Morgan fingerprint density at radius 2 is 2.28 bits per heavy atom. The highest BCUT2D eigenvalue weighted by Gasteiger charge is 2.37. The van der Waals surface area contributed by atoms with Crippen LogP contribution in [0.2, 0.25) is 0 Å². The maximum Gasteiger partial charge on any atom is 0.0624 e. The third-order valence-electron chi connectivity index (χ3n) is 4.76. The summed E-state index contributed by atoms with van der Waals surface area (Å²) in [5, 5.41) is 4.55. The molecule has 18 heavy (non-hydrogen) atoms. The maximum atomic E-state index is 6.09. The molecule has 0 aromatic carbocycles. The van der Waals surface area contributed by atoms with Gasteiger partial charge >= 0.3 is 0 Å². The minimum atomic E-state index is 0.333. The predicted molar refractivity (Wildman–Crippen MR) is 75.4 cm³/mol. The molecular weight excluding hydrogens is 222 g/mol. The molecule has 1 aromatic rings. The van der Waals surface area contributed by atoms with Gasteiger partial charge in [-0.1, -0.05) is 20.3 Å². The molecule has 2 N–H and O–H groups in total. The molecule has 0 bridgehead atoms. The van der Waals surface area contributed by atoms with E-state index in [-0.39, 0.29) is 0 Å². The molecular formula is C15H27N3. The maximum absolute atomic E-state index is 6.09. The number of hydrogen-bond donors (Lipinski definition) is 1. The molecule has 0 spiro atoms. The van der Waals surface area contributed by atoms with Crippen molar-refractivity contribution in [3.8, 4) is 0 Å². The van der Waals surface area contributed by atoms with Crippen LogP contribution in [0.1, 0.15) is 50.9 Å². The lowest BCUT2D eigenvalue weighted by Gasteiger charge is -2.27. The van der Waals surface area contributed by atoms with E-state index < -0.39 is 0 Å². The van der Waals surface area contributed by atoms with Crippen molar-refractivity contribution >= 4 is 0 Å². The molecule has 1 saturated carbocycles. The van der Waals surface area contributed by atoms with Gasteiger partial charge < -0.3 is 5.73 Å². The van der Waals surface area contributed by atoms with E-state index in [0.29, 0.717) is 5.41 Å². The Labute approximate surface area is 111 Å². The molecule has 0 aliphatic heterocycles. The highest BCUT2D eigenvalue weighted by Crippen LogP contribution is 2.44. The Kier molecular flexibility index (Phi) is 4.10. The number of nitrogens with two attached hydrogens (primary N) is 1. The highest BCUT2D eigenvalue weighted by atomic mass is 15.3. The summed E-state index contributed by atoms with van der Waals surface area (Å²) in [6.45, 7) is 5.28. The molecule has 0 saturated heterocycles. The SMILES string of the molecule is CCc1cc(CC2(CN)CCC(CC)C2)n(C)n1.